The molecule has 1 amide bonds. The number of aromatic nitrogens is 4. The zero-order valence-electron chi connectivity index (χ0n) is 17.1. The third-order valence-electron chi connectivity index (χ3n) is 4.23. The molecule has 0 aliphatic heterocycles. The van der Waals surface area contributed by atoms with Gasteiger partial charge < -0.3 is 10.6 Å². The number of nitrogens with one attached hydrogen (secondary N) is 2. The Bertz CT molecular complexity index is 1020. The summed E-state index contributed by atoms with van der Waals surface area (Å²) in [6, 6.07) is 3.32. The number of hydrogen-bond acceptors (Lipinski definition) is 6. The molecule has 3 aromatic rings. The molecule has 30 heavy (non-hydrogen) atoms. The number of anilines is 1. The molecule has 0 aliphatic rings. The van der Waals surface area contributed by atoms with Gasteiger partial charge in [-0.3, -0.25) is 4.79 Å². The van der Waals surface area contributed by atoms with Gasteiger partial charge in [-0.05, 0) is 23.8 Å². The monoisotopic (exact) mass is 434 g/mol. The Morgan fingerprint density at radius 1 is 1.23 bits per heavy atom. The zero-order valence-corrected chi connectivity index (χ0v) is 17.9. The highest BCUT2D eigenvalue weighted by Gasteiger charge is 2.17. The molecular formula is C20H24F2N6OS. The summed E-state index contributed by atoms with van der Waals surface area (Å²) in [5.74, 6) is -0.611. The third-order valence-corrected chi connectivity index (χ3v) is 4.96. The van der Waals surface area contributed by atoms with Gasteiger partial charge in [0.05, 0.1) is 18.1 Å². The van der Waals surface area contributed by atoms with E-state index in [1.54, 1.807) is 10.9 Å². The smallest absolute Gasteiger partial charge is 0.257 e. The number of carbonyl (C=O) groups is 1. The zero-order chi connectivity index (χ0) is 21.7. The highest BCUT2D eigenvalue weighted by Crippen LogP contribution is 2.24. The molecule has 2 aromatic heterocycles. The van der Waals surface area contributed by atoms with Crippen molar-refractivity contribution in [2.24, 2.45) is 5.92 Å². The summed E-state index contributed by atoms with van der Waals surface area (Å²) in [5.41, 5.74) is 0.0467. The first-order valence-electron chi connectivity index (χ1n) is 9.73. The molecule has 3 rings (SSSR count). The Hall–Kier alpha value is -2.75. The van der Waals surface area contributed by atoms with Gasteiger partial charge in [0.25, 0.3) is 5.91 Å². The minimum atomic E-state index is -0.896. The fourth-order valence-electron chi connectivity index (χ4n) is 2.81. The molecular weight excluding hydrogens is 410 g/mol. The summed E-state index contributed by atoms with van der Waals surface area (Å²) in [4.78, 5) is 21.3. The van der Waals surface area contributed by atoms with Gasteiger partial charge in [-0.25, -0.2) is 23.4 Å². The summed E-state index contributed by atoms with van der Waals surface area (Å²) >= 11 is 1.52. The topological polar surface area (TPSA) is 84.7 Å². The predicted octanol–water partition coefficient (Wildman–Crippen LogP) is 3.71. The SMILES string of the molecule is CCSc1nc(NCC(C)C)c2cnn(CCNC(=O)c3c(F)cccc3F)c2n1. The van der Waals surface area contributed by atoms with Crippen molar-refractivity contribution in [2.45, 2.75) is 32.5 Å². The summed E-state index contributed by atoms with van der Waals surface area (Å²) < 4.78 is 29.2. The van der Waals surface area contributed by atoms with E-state index < -0.39 is 23.1 Å². The van der Waals surface area contributed by atoms with Gasteiger partial charge in [-0.15, -0.1) is 0 Å². The maximum atomic E-state index is 13.8. The summed E-state index contributed by atoms with van der Waals surface area (Å²) in [6.07, 6.45) is 1.68. The van der Waals surface area contributed by atoms with Gasteiger partial charge >= 0.3 is 0 Å². The van der Waals surface area contributed by atoms with Crippen LogP contribution in [0.25, 0.3) is 11.0 Å². The predicted molar refractivity (Wildman–Crippen MR) is 114 cm³/mol. The summed E-state index contributed by atoms with van der Waals surface area (Å²) in [7, 11) is 0. The molecule has 2 heterocycles. The number of carbonyl (C=O) groups excluding carboxylic acids is 1. The van der Waals surface area contributed by atoms with Crippen molar-refractivity contribution in [3.63, 3.8) is 0 Å². The molecule has 160 valence electrons. The van der Waals surface area contributed by atoms with Crippen LogP contribution in [0.2, 0.25) is 0 Å². The van der Waals surface area contributed by atoms with Crippen LogP contribution in [0.15, 0.2) is 29.6 Å². The molecule has 0 saturated carbocycles. The maximum Gasteiger partial charge on any atom is 0.257 e. The summed E-state index contributed by atoms with van der Waals surface area (Å²) in [6.45, 7) is 7.43. The van der Waals surface area contributed by atoms with Gasteiger partial charge in [0, 0.05) is 13.1 Å². The second-order valence-corrected chi connectivity index (χ2v) is 8.25. The number of halogens is 2. The molecule has 2 N–H and O–H groups in total. The number of amides is 1. The van der Waals surface area contributed by atoms with Crippen molar-refractivity contribution in [1.29, 1.82) is 0 Å². The normalized spacial score (nSPS) is 11.3. The second-order valence-electron chi connectivity index (χ2n) is 7.02. The molecule has 0 atom stereocenters. The van der Waals surface area contributed by atoms with Crippen LogP contribution in [0, 0.1) is 17.6 Å². The van der Waals surface area contributed by atoms with E-state index in [9.17, 15) is 13.6 Å². The van der Waals surface area contributed by atoms with Crippen LogP contribution < -0.4 is 10.6 Å². The fraction of sp³-hybridized carbons (Fsp3) is 0.400. The lowest BCUT2D eigenvalue weighted by atomic mass is 10.2. The molecule has 10 heteroatoms. The van der Waals surface area contributed by atoms with Gasteiger partial charge in [0.15, 0.2) is 10.8 Å². The van der Waals surface area contributed by atoms with Gasteiger partial charge in [-0.1, -0.05) is 38.6 Å². The molecule has 0 unspecified atom stereocenters. The van der Waals surface area contributed by atoms with Crippen LogP contribution >= 0.6 is 11.8 Å². The van der Waals surface area contributed by atoms with Crippen molar-refractivity contribution in [3.05, 3.63) is 41.6 Å². The highest BCUT2D eigenvalue weighted by molar-refractivity contribution is 7.99. The van der Waals surface area contributed by atoms with Crippen LogP contribution in [-0.4, -0.2) is 44.5 Å². The lowest BCUT2D eigenvalue weighted by molar-refractivity contribution is 0.0943. The first-order chi connectivity index (χ1) is 14.4. The van der Waals surface area contributed by atoms with Crippen LogP contribution in [-0.2, 0) is 6.54 Å². The van der Waals surface area contributed by atoms with Crippen LogP contribution in [0.1, 0.15) is 31.1 Å². The third kappa shape index (κ3) is 5.05. The van der Waals surface area contributed by atoms with Gasteiger partial charge in [-0.2, -0.15) is 5.10 Å². The standard InChI is InChI=1S/C20H24F2N6OS/c1-4-30-20-26-17(24-10-12(2)3)13-11-25-28(18(13)27-20)9-8-23-19(29)16-14(21)6-5-7-15(16)22/h5-7,11-12H,4,8-10H2,1-3H3,(H,23,29)(H,24,26,27). The molecule has 0 fully saturated rings. The van der Waals surface area contributed by atoms with Crippen molar-refractivity contribution in [2.75, 3.05) is 24.2 Å². The molecule has 1 aromatic carbocycles. The Kier molecular flexibility index (Phi) is 7.20. The fourth-order valence-corrected chi connectivity index (χ4v) is 3.37. The van der Waals surface area contributed by atoms with E-state index in [2.05, 4.69) is 39.5 Å². The average Bonchev–Trinajstić information content (AvgIpc) is 3.09. The van der Waals surface area contributed by atoms with E-state index >= 15 is 0 Å². The van der Waals surface area contributed by atoms with Gasteiger partial charge in [0.1, 0.15) is 23.0 Å². The Balaban J connectivity index is 1.76. The van der Waals surface area contributed by atoms with E-state index in [-0.39, 0.29) is 6.54 Å². The first kappa shape index (κ1) is 21.9. The largest absolute Gasteiger partial charge is 0.369 e. The Morgan fingerprint density at radius 3 is 2.63 bits per heavy atom. The minimum absolute atomic E-state index is 0.137. The molecule has 0 spiro atoms. The number of rotatable bonds is 9. The van der Waals surface area contributed by atoms with Crippen molar-refractivity contribution in [3.8, 4) is 0 Å². The number of hydrogen-bond donors (Lipinski definition) is 2. The van der Waals surface area contributed by atoms with E-state index in [4.69, 9.17) is 0 Å². The number of thioether (sulfide) groups is 1. The molecule has 0 aliphatic carbocycles. The summed E-state index contributed by atoms with van der Waals surface area (Å²) in [5, 5.41) is 11.6. The Morgan fingerprint density at radius 2 is 1.97 bits per heavy atom. The van der Waals surface area contributed by atoms with E-state index in [1.807, 2.05) is 6.92 Å². The lowest BCUT2D eigenvalue weighted by Gasteiger charge is -2.11. The van der Waals surface area contributed by atoms with Crippen LogP contribution in [0.3, 0.4) is 0 Å². The number of nitrogens with zero attached hydrogens (tertiary/aromatic N) is 4. The lowest BCUT2D eigenvalue weighted by Crippen LogP contribution is -2.29. The molecule has 0 saturated heterocycles. The number of fused-ring (bicyclic) bond motifs is 1. The van der Waals surface area contributed by atoms with Crippen LogP contribution in [0.4, 0.5) is 14.6 Å². The molecule has 0 radical (unpaired) electrons. The van der Waals surface area contributed by atoms with Crippen molar-refractivity contribution >= 4 is 34.5 Å². The Labute approximate surface area is 177 Å². The first-order valence-corrected chi connectivity index (χ1v) is 10.7. The quantitative estimate of drug-likeness (QED) is 0.395. The number of benzene rings is 1. The average molecular weight is 435 g/mol. The minimum Gasteiger partial charge on any atom is -0.369 e. The van der Waals surface area contributed by atoms with Gasteiger partial charge in [0.2, 0.25) is 0 Å². The van der Waals surface area contributed by atoms with Crippen molar-refractivity contribution in [1.82, 2.24) is 25.1 Å². The maximum absolute atomic E-state index is 13.8. The molecule has 0 bridgehead atoms. The van der Waals surface area contributed by atoms with E-state index in [1.165, 1.54) is 17.8 Å². The highest BCUT2D eigenvalue weighted by atomic mass is 32.2. The molecule has 7 nitrogen and oxygen atoms in total. The van der Waals surface area contributed by atoms with Crippen LogP contribution in [0.5, 0.6) is 0 Å². The van der Waals surface area contributed by atoms with E-state index in [0.717, 1.165) is 29.8 Å². The van der Waals surface area contributed by atoms with E-state index in [0.29, 0.717) is 29.1 Å². The second kappa shape index (κ2) is 9.84. The van der Waals surface area contributed by atoms with Crippen molar-refractivity contribution < 1.29 is 13.6 Å².